The fourth-order valence-electron chi connectivity index (χ4n) is 3.99. The normalized spacial score (nSPS) is 15.3. The number of halogens is 2. The summed E-state index contributed by atoms with van der Waals surface area (Å²) in [6.45, 7) is 6.94. The van der Waals surface area contributed by atoms with Crippen LogP contribution in [0.5, 0.6) is 0 Å². The van der Waals surface area contributed by atoms with Crippen molar-refractivity contribution in [1.29, 1.82) is 0 Å². The minimum Gasteiger partial charge on any atom is -0.368 e. The summed E-state index contributed by atoms with van der Waals surface area (Å²) in [5.74, 6) is 0. The lowest BCUT2D eigenvalue weighted by Gasteiger charge is -2.36. The van der Waals surface area contributed by atoms with E-state index < -0.39 is 0 Å². The smallest absolute Gasteiger partial charge is 0.249 e. The SMILES string of the molecule is Cc1cc(=O)[nH]c2nc(C=CCCCN3CCN(c4cccc(Cl)c4Cl)CC3)ccc12. The van der Waals surface area contributed by atoms with Gasteiger partial charge in [-0.3, -0.25) is 9.69 Å². The van der Waals surface area contributed by atoms with E-state index in [0.29, 0.717) is 15.7 Å². The Labute approximate surface area is 192 Å². The van der Waals surface area contributed by atoms with Gasteiger partial charge in [-0.15, -0.1) is 0 Å². The number of fused-ring (bicyclic) bond motifs is 1. The Morgan fingerprint density at radius 3 is 2.74 bits per heavy atom. The number of anilines is 1. The maximum absolute atomic E-state index is 11.7. The lowest BCUT2D eigenvalue weighted by atomic mass is 10.1. The van der Waals surface area contributed by atoms with Crippen LogP contribution in [0.2, 0.25) is 10.0 Å². The number of rotatable bonds is 6. The molecule has 0 aliphatic carbocycles. The predicted octanol–water partition coefficient (Wildman–Crippen LogP) is 5.15. The van der Waals surface area contributed by atoms with Gasteiger partial charge in [-0.05, 0) is 62.2 Å². The molecule has 1 aliphatic heterocycles. The summed E-state index contributed by atoms with van der Waals surface area (Å²) in [5.41, 5.74) is 3.36. The molecule has 0 unspecified atom stereocenters. The summed E-state index contributed by atoms with van der Waals surface area (Å²) in [5, 5.41) is 2.23. The van der Waals surface area contributed by atoms with E-state index >= 15 is 0 Å². The molecule has 0 atom stereocenters. The monoisotopic (exact) mass is 456 g/mol. The third kappa shape index (κ3) is 5.29. The number of piperazine rings is 1. The van der Waals surface area contributed by atoms with Gasteiger partial charge >= 0.3 is 0 Å². The molecule has 0 saturated carbocycles. The first-order valence-electron chi connectivity index (χ1n) is 10.6. The molecule has 1 aliphatic rings. The second-order valence-corrected chi connectivity index (χ2v) is 8.68. The number of hydrogen-bond donors (Lipinski definition) is 1. The number of aromatic nitrogens is 2. The number of unbranched alkanes of at least 4 members (excludes halogenated alkanes) is 1. The summed E-state index contributed by atoms with van der Waals surface area (Å²) in [6.07, 6.45) is 6.27. The first-order valence-corrected chi connectivity index (χ1v) is 11.4. The van der Waals surface area contributed by atoms with E-state index in [1.165, 1.54) is 0 Å². The Hall–Kier alpha value is -2.34. The summed E-state index contributed by atoms with van der Waals surface area (Å²) in [6, 6.07) is 11.4. The quantitative estimate of drug-likeness (QED) is 0.520. The van der Waals surface area contributed by atoms with Crippen LogP contribution in [0, 0.1) is 6.92 Å². The largest absolute Gasteiger partial charge is 0.368 e. The van der Waals surface area contributed by atoms with Gasteiger partial charge in [0, 0.05) is 37.6 Å². The Bertz CT molecular complexity index is 1150. The van der Waals surface area contributed by atoms with Crippen molar-refractivity contribution in [2.24, 2.45) is 0 Å². The van der Waals surface area contributed by atoms with Crippen LogP contribution < -0.4 is 10.5 Å². The minimum atomic E-state index is -0.114. The summed E-state index contributed by atoms with van der Waals surface area (Å²) >= 11 is 12.5. The molecule has 5 nitrogen and oxygen atoms in total. The number of aromatic amines is 1. The van der Waals surface area contributed by atoms with Crippen LogP contribution in [0.4, 0.5) is 5.69 Å². The van der Waals surface area contributed by atoms with E-state index in [4.69, 9.17) is 23.2 Å². The van der Waals surface area contributed by atoms with Crippen LogP contribution in [-0.2, 0) is 0 Å². The molecule has 1 fully saturated rings. The maximum Gasteiger partial charge on any atom is 0.249 e. The highest BCUT2D eigenvalue weighted by Crippen LogP contribution is 2.32. The molecule has 3 aromatic rings. The van der Waals surface area contributed by atoms with Crippen LogP contribution in [0.25, 0.3) is 17.1 Å². The Kier molecular flexibility index (Phi) is 6.96. The molecule has 0 spiro atoms. The number of nitrogens with zero attached hydrogens (tertiary/aromatic N) is 3. The van der Waals surface area contributed by atoms with Crippen molar-refractivity contribution in [3.63, 3.8) is 0 Å². The standard InChI is InChI=1S/C24H26Cl2N4O/c1-17-16-22(31)28-24-19(17)10-9-18(27-24)6-3-2-4-11-29-12-14-30(15-13-29)21-8-5-7-20(25)23(21)26/h3,5-10,16H,2,4,11-15H2,1H3,(H,27,28,31). The molecular formula is C24H26Cl2N4O. The fraction of sp³-hybridized carbons (Fsp3) is 0.333. The molecule has 2 aromatic heterocycles. The van der Waals surface area contributed by atoms with E-state index in [2.05, 4.69) is 25.8 Å². The second kappa shape index (κ2) is 9.86. The van der Waals surface area contributed by atoms with E-state index in [-0.39, 0.29) is 5.56 Å². The van der Waals surface area contributed by atoms with Crippen LogP contribution >= 0.6 is 23.2 Å². The summed E-state index contributed by atoms with van der Waals surface area (Å²) < 4.78 is 0. The van der Waals surface area contributed by atoms with Crippen LogP contribution in [0.1, 0.15) is 24.1 Å². The Morgan fingerprint density at radius 1 is 1.13 bits per heavy atom. The van der Waals surface area contributed by atoms with Crippen molar-refractivity contribution >= 4 is 46.0 Å². The third-order valence-electron chi connectivity index (χ3n) is 5.71. The molecule has 3 heterocycles. The van der Waals surface area contributed by atoms with Crippen LogP contribution in [-0.4, -0.2) is 47.6 Å². The lowest BCUT2D eigenvalue weighted by molar-refractivity contribution is 0.255. The molecule has 31 heavy (non-hydrogen) atoms. The zero-order valence-electron chi connectivity index (χ0n) is 17.6. The van der Waals surface area contributed by atoms with Crippen LogP contribution in [0.3, 0.4) is 0 Å². The maximum atomic E-state index is 11.7. The van der Waals surface area contributed by atoms with E-state index in [9.17, 15) is 4.79 Å². The van der Waals surface area contributed by atoms with Gasteiger partial charge in [0.05, 0.1) is 21.4 Å². The van der Waals surface area contributed by atoms with Crippen molar-refractivity contribution in [2.45, 2.75) is 19.8 Å². The van der Waals surface area contributed by atoms with Crippen molar-refractivity contribution < 1.29 is 0 Å². The van der Waals surface area contributed by atoms with Crippen molar-refractivity contribution in [2.75, 3.05) is 37.6 Å². The molecule has 1 N–H and O–H groups in total. The molecular weight excluding hydrogens is 431 g/mol. The zero-order valence-corrected chi connectivity index (χ0v) is 19.1. The summed E-state index contributed by atoms with van der Waals surface area (Å²) in [4.78, 5) is 23.8. The van der Waals surface area contributed by atoms with E-state index in [0.717, 1.165) is 67.9 Å². The molecule has 4 rings (SSSR count). The van der Waals surface area contributed by atoms with Gasteiger partial charge in [-0.2, -0.15) is 0 Å². The molecule has 0 amide bonds. The summed E-state index contributed by atoms with van der Waals surface area (Å²) in [7, 11) is 0. The number of hydrogen-bond acceptors (Lipinski definition) is 4. The number of benzene rings is 1. The van der Waals surface area contributed by atoms with Gasteiger partial charge in [-0.1, -0.05) is 35.3 Å². The Balaban J connectivity index is 1.24. The molecule has 7 heteroatoms. The molecule has 162 valence electrons. The van der Waals surface area contributed by atoms with Crippen molar-refractivity contribution in [3.8, 4) is 0 Å². The highest BCUT2D eigenvalue weighted by atomic mass is 35.5. The number of allylic oxidation sites excluding steroid dienone is 1. The molecule has 0 bridgehead atoms. The molecule has 0 radical (unpaired) electrons. The van der Waals surface area contributed by atoms with E-state index in [1.54, 1.807) is 6.07 Å². The minimum absolute atomic E-state index is 0.114. The molecule has 1 aromatic carbocycles. The second-order valence-electron chi connectivity index (χ2n) is 7.90. The third-order valence-corrected chi connectivity index (χ3v) is 6.52. The average molecular weight is 457 g/mol. The van der Waals surface area contributed by atoms with Crippen molar-refractivity contribution in [3.05, 3.63) is 74.1 Å². The van der Waals surface area contributed by atoms with Crippen molar-refractivity contribution in [1.82, 2.24) is 14.9 Å². The van der Waals surface area contributed by atoms with E-state index in [1.807, 2.05) is 43.3 Å². The van der Waals surface area contributed by atoms with Gasteiger partial charge in [0.15, 0.2) is 0 Å². The van der Waals surface area contributed by atoms with Crippen LogP contribution in [0.15, 0.2) is 47.3 Å². The highest BCUT2D eigenvalue weighted by molar-refractivity contribution is 6.43. The first kappa shape index (κ1) is 21.9. The van der Waals surface area contributed by atoms with Gasteiger partial charge in [0.2, 0.25) is 5.56 Å². The zero-order chi connectivity index (χ0) is 21.8. The Morgan fingerprint density at radius 2 is 1.94 bits per heavy atom. The number of pyridine rings is 2. The number of nitrogens with one attached hydrogen (secondary N) is 1. The van der Waals surface area contributed by atoms with Gasteiger partial charge in [0.25, 0.3) is 0 Å². The fourth-order valence-corrected chi connectivity index (χ4v) is 4.41. The van der Waals surface area contributed by atoms with Gasteiger partial charge in [0.1, 0.15) is 5.65 Å². The highest BCUT2D eigenvalue weighted by Gasteiger charge is 2.19. The topological polar surface area (TPSA) is 52.2 Å². The predicted molar refractivity (Wildman–Crippen MR) is 130 cm³/mol. The number of H-pyrrole nitrogens is 1. The first-order chi connectivity index (χ1) is 15.0. The lowest BCUT2D eigenvalue weighted by Crippen LogP contribution is -2.46. The molecule has 1 saturated heterocycles. The van der Waals surface area contributed by atoms with Gasteiger partial charge < -0.3 is 9.88 Å². The number of aryl methyl sites for hydroxylation is 1. The average Bonchev–Trinajstić information content (AvgIpc) is 2.75. The van der Waals surface area contributed by atoms with Gasteiger partial charge in [-0.25, -0.2) is 4.98 Å².